The predicted octanol–water partition coefficient (Wildman–Crippen LogP) is 3.91. The Balaban J connectivity index is 2.02. The number of nitrogens with zero attached hydrogens (tertiary/aromatic N) is 2. The molecule has 0 bridgehead atoms. The first-order chi connectivity index (χ1) is 11.7. The van der Waals surface area contributed by atoms with Crippen LogP contribution in [0.5, 0.6) is 0 Å². The van der Waals surface area contributed by atoms with E-state index in [9.17, 15) is 4.79 Å². The molecule has 3 aromatic rings. The van der Waals surface area contributed by atoms with Gasteiger partial charge >= 0.3 is 0 Å². The number of rotatable bonds is 4. The average Bonchev–Trinajstić information content (AvgIpc) is 3.15. The van der Waals surface area contributed by atoms with Crippen LogP contribution in [-0.4, -0.2) is 23.3 Å². The smallest absolute Gasteiger partial charge is 0.262 e. The molecule has 6 heteroatoms. The first-order valence-electron chi connectivity index (χ1n) is 7.99. The fourth-order valence-electron chi connectivity index (χ4n) is 3.32. The van der Waals surface area contributed by atoms with Crippen LogP contribution in [0, 0.1) is 0 Å². The predicted molar refractivity (Wildman–Crippen MR) is 98.2 cm³/mol. The molecule has 24 heavy (non-hydrogen) atoms. The SMILES string of the molecule is COCCn1c(-c2ccccc2Cl)nc2sc3c(c2c1=O)CCC3. The van der Waals surface area contributed by atoms with Gasteiger partial charge < -0.3 is 4.74 Å². The molecule has 4 nitrogen and oxygen atoms in total. The lowest BCUT2D eigenvalue weighted by molar-refractivity contribution is 0.186. The summed E-state index contributed by atoms with van der Waals surface area (Å²) in [6.07, 6.45) is 3.15. The minimum atomic E-state index is 0.0198. The van der Waals surface area contributed by atoms with Crippen LogP contribution in [0.4, 0.5) is 0 Å². The van der Waals surface area contributed by atoms with Gasteiger partial charge in [-0.25, -0.2) is 4.98 Å². The quantitative estimate of drug-likeness (QED) is 0.708. The highest BCUT2D eigenvalue weighted by molar-refractivity contribution is 7.18. The van der Waals surface area contributed by atoms with Gasteiger partial charge in [0.1, 0.15) is 10.7 Å². The molecule has 0 atom stereocenters. The number of halogens is 1. The summed E-state index contributed by atoms with van der Waals surface area (Å²) in [7, 11) is 1.63. The molecule has 0 spiro atoms. The van der Waals surface area contributed by atoms with Crippen LogP contribution in [0.1, 0.15) is 16.9 Å². The topological polar surface area (TPSA) is 44.1 Å². The fourth-order valence-corrected chi connectivity index (χ4v) is 4.79. The van der Waals surface area contributed by atoms with E-state index >= 15 is 0 Å². The van der Waals surface area contributed by atoms with Crippen LogP contribution in [0.2, 0.25) is 5.02 Å². The highest BCUT2D eigenvalue weighted by Gasteiger charge is 2.24. The molecule has 0 fully saturated rings. The van der Waals surface area contributed by atoms with Gasteiger partial charge in [0.05, 0.1) is 23.6 Å². The highest BCUT2D eigenvalue weighted by Crippen LogP contribution is 2.36. The van der Waals surface area contributed by atoms with Gasteiger partial charge in [-0.1, -0.05) is 23.7 Å². The van der Waals surface area contributed by atoms with Crippen LogP contribution in [0.3, 0.4) is 0 Å². The van der Waals surface area contributed by atoms with Gasteiger partial charge in [-0.3, -0.25) is 9.36 Å². The van der Waals surface area contributed by atoms with Crippen molar-refractivity contribution in [3.8, 4) is 11.4 Å². The summed E-state index contributed by atoms with van der Waals surface area (Å²) >= 11 is 8.01. The summed E-state index contributed by atoms with van der Waals surface area (Å²) in [4.78, 5) is 20.2. The molecular weight excluding hydrogens is 344 g/mol. The zero-order valence-electron chi connectivity index (χ0n) is 13.3. The Morgan fingerprint density at radius 1 is 1.33 bits per heavy atom. The van der Waals surface area contributed by atoms with E-state index in [1.54, 1.807) is 23.0 Å². The molecule has 0 amide bonds. The Bertz CT molecular complexity index is 977. The molecule has 1 aromatic carbocycles. The van der Waals surface area contributed by atoms with Crippen LogP contribution in [0.15, 0.2) is 29.1 Å². The first-order valence-corrected chi connectivity index (χ1v) is 9.19. The number of fused-ring (bicyclic) bond motifs is 3. The van der Waals surface area contributed by atoms with Crippen molar-refractivity contribution in [2.45, 2.75) is 25.8 Å². The van der Waals surface area contributed by atoms with Crippen LogP contribution < -0.4 is 5.56 Å². The third kappa shape index (κ3) is 2.48. The Hall–Kier alpha value is -1.69. The second-order valence-electron chi connectivity index (χ2n) is 5.90. The molecule has 2 aromatic heterocycles. The van der Waals surface area contributed by atoms with Crippen molar-refractivity contribution in [3.63, 3.8) is 0 Å². The molecule has 1 aliphatic carbocycles. The monoisotopic (exact) mass is 360 g/mol. The summed E-state index contributed by atoms with van der Waals surface area (Å²) in [6.45, 7) is 0.917. The van der Waals surface area contributed by atoms with Crippen molar-refractivity contribution in [1.82, 2.24) is 9.55 Å². The van der Waals surface area contributed by atoms with Gasteiger partial charge in [0, 0.05) is 17.6 Å². The van der Waals surface area contributed by atoms with E-state index < -0.39 is 0 Å². The molecule has 0 saturated heterocycles. The third-order valence-corrected chi connectivity index (χ3v) is 5.97. The van der Waals surface area contributed by atoms with E-state index in [-0.39, 0.29) is 5.56 Å². The number of ether oxygens (including phenoxy) is 1. The van der Waals surface area contributed by atoms with Crippen LogP contribution in [0.25, 0.3) is 21.6 Å². The first kappa shape index (κ1) is 15.8. The lowest BCUT2D eigenvalue weighted by Gasteiger charge is -2.13. The van der Waals surface area contributed by atoms with Crippen LogP contribution in [-0.2, 0) is 24.1 Å². The summed E-state index contributed by atoms with van der Waals surface area (Å²) < 4.78 is 6.90. The zero-order valence-corrected chi connectivity index (χ0v) is 14.9. The van der Waals surface area contributed by atoms with E-state index in [4.69, 9.17) is 21.3 Å². The molecule has 0 N–H and O–H groups in total. The minimum Gasteiger partial charge on any atom is -0.383 e. The second-order valence-corrected chi connectivity index (χ2v) is 7.39. The Kier molecular flexibility index (Phi) is 4.16. The van der Waals surface area contributed by atoms with E-state index in [0.29, 0.717) is 24.0 Å². The Morgan fingerprint density at radius 2 is 2.17 bits per heavy atom. The van der Waals surface area contributed by atoms with Gasteiger partial charge in [-0.15, -0.1) is 11.3 Å². The van der Waals surface area contributed by atoms with E-state index in [1.165, 1.54) is 10.4 Å². The molecule has 0 unspecified atom stereocenters. The van der Waals surface area contributed by atoms with E-state index in [0.717, 1.165) is 35.0 Å². The van der Waals surface area contributed by atoms with Crippen molar-refractivity contribution in [1.29, 1.82) is 0 Å². The van der Waals surface area contributed by atoms with Crippen molar-refractivity contribution >= 4 is 33.2 Å². The standard InChI is InChI=1S/C18H17ClN2O2S/c1-23-10-9-21-16(11-5-2-3-7-13(11)19)20-17-15(18(21)22)12-6-4-8-14(12)24-17/h2-3,5,7H,4,6,8-10H2,1H3. The van der Waals surface area contributed by atoms with Gasteiger partial charge in [0.15, 0.2) is 0 Å². The number of methoxy groups -OCH3 is 1. The minimum absolute atomic E-state index is 0.0198. The number of hydrogen-bond acceptors (Lipinski definition) is 4. The molecule has 0 radical (unpaired) electrons. The summed E-state index contributed by atoms with van der Waals surface area (Å²) in [5.74, 6) is 0.620. The van der Waals surface area contributed by atoms with Gasteiger partial charge in [-0.05, 0) is 37.0 Å². The average molecular weight is 361 g/mol. The van der Waals surface area contributed by atoms with Gasteiger partial charge in [0.2, 0.25) is 0 Å². The number of hydrogen-bond donors (Lipinski definition) is 0. The number of aryl methyl sites for hydroxylation is 2. The number of benzene rings is 1. The molecule has 4 rings (SSSR count). The Morgan fingerprint density at radius 3 is 2.96 bits per heavy atom. The van der Waals surface area contributed by atoms with Crippen molar-refractivity contribution < 1.29 is 4.74 Å². The molecule has 2 heterocycles. The van der Waals surface area contributed by atoms with Crippen molar-refractivity contribution in [3.05, 3.63) is 50.1 Å². The van der Waals surface area contributed by atoms with E-state index in [1.807, 2.05) is 24.3 Å². The summed E-state index contributed by atoms with van der Waals surface area (Å²) in [5.41, 5.74) is 2.00. The van der Waals surface area contributed by atoms with E-state index in [2.05, 4.69) is 0 Å². The van der Waals surface area contributed by atoms with Gasteiger partial charge in [-0.2, -0.15) is 0 Å². The number of aromatic nitrogens is 2. The molecular formula is C18H17ClN2O2S. The fraction of sp³-hybridized carbons (Fsp3) is 0.333. The molecule has 124 valence electrons. The number of thiophene rings is 1. The molecule has 1 aliphatic rings. The maximum atomic E-state index is 13.2. The maximum Gasteiger partial charge on any atom is 0.262 e. The largest absolute Gasteiger partial charge is 0.383 e. The molecule has 0 aliphatic heterocycles. The molecule has 0 saturated carbocycles. The van der Waals surface area contributed by atoms with Crippen LogP contribution >= 0.6 is 22.9 Å². The Labute approximate surface area is 148 Å². The summed E-state index contributed by atoms with van der Waals surface area (Å²) in [5, 5.41) is 1.39. The lowest BCUT2D eigenvalue weighted by Crippen LogP contribution is -2.25. The van der Waals surface area contributed by atoms with Crippen molar-refractivity contribution in [2.75, 3.05) is 13.7 Å². The van der Waals surface area contributed by atoms with Crippen molar-refractivity contribution in [2.24, 2.45) is 0 Å². The maximum absolute atomic E-state index is 13.2. The summed E-state index contributed by atoms with van der Waals surface area (Å²) in [6, 6.07) is 7.51. The lowest BCUT2D eigenvalue weighted by atomic mass is 10.1. The normalized spacial score (nSPS) is 13.6. The second kappa shape index (κ2) is 6.31. The van der Waals surface area contributed by atoms with Gasteiger partial charge in [0.25, 0.3) is 5.56 Å². The third-order valence-electron chi connectivity index (χ3n) is 4.46. The highest BCUT2D eigenvalue weighted by atomic mass is 35.5. The zero-order chi connectivity index (χ0) is 16.7.